The Hall–Kier alpha value is -4.18. The minimum atomic E-state index is -0.612. The van der Waals surface area contributed by atoms with Gasteiger partial charge < -0.3 is 24.3 Å². The van der Waals surface area contributed by atoms with E-state index in [1.54, 1.807) is 18.2 Å². The maximum absolute atomic E-state index is 13.4. The molecule has 0 bridgehead atoms. The van der Waals surface area contributed by atoms with E-state index in [9.17, 15) is 4.79 Å². The summed E-state index contributed by atoms with van der Waals surface area (Å²) in [5.41, 5.74) is 6.05. The van der Waals surface area contributed by atoms with Crippen molar-refractivity contribution in [3.63, 3.8) is 0 Å². The van der Waals surface area contributed by atoms with E-state index in [0.717, 1.165) is 16.9 Å². The molecule has 3 aromatic rings. The SMILES string of the molecule is O=C(Nc1ccc2c(c1)OCO2)C1SC(=NCc2ccc3c(c2)OCO3)NN=C1c1ccccc1. The summed E-state index contributed by atoms with van der Waals surface area (Å²) in [5.74, 6) is 2.47. The maximum Gasteiger partial charge on any atom is 0.244 e. The molecule has 1 amide bonds. The standard InChI is InChI=1S/C25H20N4O5S/c30-24(27-17-7-9-19-21(11-17)34-14-32-19)23-22(16-4-2-1-3-5-16)28-29-25(35-23)26-12-15-6-8-18-20(10-15)33-13-31-18/h1-11,23H,12-14H2,(H,26,29)(H,27,30). The molecule has 0 spiro atoms. The average molecular weight is 489 g/mol. The molecule has 0 saturated heterocycles. The molecule has 0 saturated carbocycles. The van der Waals surface area contributed by atoms with E-state index in [1.807, 2.05) is 48.5 Å². The number of rotatable bonds is 5. The normalized spacial score (nSPS) is 18.7. The Morgan fingerprint density at radius 1 is 0.943 bits per heavy atom. The number of hydrogen-bond acceptors (Lipinski definition) is 8. The second-order valence-electron chi connectivity index (χ2n) is 7.84. The fourth-order valence-electron chi connectivity index (χ4n) is 3.82. The Morgan fingerprint density at radius 2 is 1.66 bits per heavy atom. The zero-order valence-electron chi connectivity index (χ0n) is 18.4. The summed E-state index contributed by atoms with van der Waals surface area (Å²) in [7, 11) is 0. The van der Waals surface area contributed by atoms with Crippen LogP contribution in [0.1, 0.15) is 11.1 Å². The van der Waals surface area contributed by atoms with Crippen LogP contribution in [0.25, 0.3) is 0 Å². The van der Waals surface area contributed by atoms with Gasteiger partial charge in [-0.15, -0.1) is 0 Å². The second-order valence-corrected chi connectivity index (χ2v) is 8.93. The average Bonchev–Trinajstić information content (AvgIpc) is 3.56. The number of carbonyl (C=O) groups is 1. The molecule has 6 rings (SSSR count). The molecule has 3 heterocycles. The lowest BCUT2D eigenvalue weighted by Gasteiger charge is -2.24. The van der Waals surface area contributed by atoms with E-state index in [-0.39, 0.29) is 19.5 Å². The number of aliphatic imine (C=N–C) groups is 1. The molecule has 0 radical (unpaired) electrons. The van der Waals surface area contributed by atoms with E-state index in [4.69, 9.17) is 18.9 Å². The lowest BCUT2D eigenvalue weighted by Crippen LogP contribution is -2.40. The first-order valence-electron chi connectivity index (χ1n) is 10.9. The van der Waals surface area contributed by atoms with Gasteiger partial charge in [0.25, 0.3) is 0 Å². The van der Waals surface area contributed by atoms with Gasteiger partial charge >= 0.3 is 0 Å². The first-order valence-corrected chi connectivity index (χ1v) is 11.8. The Labute approximate surface area is 205 Å². The van der Waals surface area contributed by atoms with Crippen molar-refractivity contribution in [2.24, 2.45) is 10.1 Å². The quantitative estimate of drug-likeness (QED) is 0.564. The zero-order chi connectivity index (χ0) is 23.6. The molecule has 9 nitrogen and oxygen atoms in total. The number of nitrogens with one attached hydrogen (secondary N) is 2. The number of anilines is 1. The Kier molecular flexibility index (Phi) is 5.63. The van der Waals surface area contributed by atoms with Gasteiger partial charge in [0.05, 0.1) is 12.3 Å². The Bertz CT molecular complexity index is 1340. The van der Waals surface area contributed by atoms with Crippen LogP contribution in [-0.4, -0.2) is 35.6 Å². The number of hydrazone groups is 1. The zero-order valence-corrected chi connectivity index (χ0v) is 19.2. The lowest BCUT2D eigenvalue weighted by molar-refractivity contribution is -0.114. The fourth-order valence-corrected chi connectivity index (χ4v) is 4.75. The molecule has 0 aliphatic carbocycles. The van der Waals surface area contributed by atoms with Crippen molar-refractivity contribution < 1.29 is 23.7 Å². The van der Waals surface area contributed by atoms with Crippen molar-refractivity contribution in [1.82, 2.24) is 5.43 Å². The molecule has 2 N–H and O–H groups in total. The predicted molar refractivity (Wildman–Crippen MR) is 132 cm³/mol. The minimum absolute atomic E-state index is 0.172. The first kappa shape index (κ1) is 21.4. The van der Waals surface area contributed by atoms with E-state index in [2.05, 4.69) is 20.8 Å². The Morgan fingerprint density at radius 3 is 2.46 bits per heavy atom. The van der Waals surface area contributed by atoms with Gasteiger partial charge in [0.15, 0.2) is 28.2 Å². The van der Waals surface area contributed by atoms with Crippen molar-refractivity contribution >= 4 is 34.2 Å². The van der Waals surface area contributed by atoms with Crippen LogP contribution in [0.3, 0.4) is 0 Å². The van der Waals surface area contributed by atoms with Gasteiger partial charge in [-0.05, 0) is 35.4 Å². The highest BCUT2D eigenvalue weighted by Crippen LogP contribution is 2.35. The van der Waals surface area contributed by atoms with Gasteiger partial charge in [-0.25, -0.2) is 0 Å². The van der Waals surface area contributed by atoms with Gasteiger partial charge in [0, 0.05) is 11.8 Å². The summed E-state index contributed by atoms with van der Waals surface area (Å²) in [5, 5.41) is 7.43. The van der Waals surface area contributed by atoms with Crippen molar-refractivity contribution in [3.8, 4) is 23.0 Å². The number of benzene rings is 3. The fraction of sp³-hybridized carbons (Fsp3) is 0.160. The smallest absolute Gasteiger partial charge is 0.244 e. The second kappa shape index (κ2) is 9.22. The predicted octanol–water partition coefficient (Wildman–Crippen LogP) is 3.75. The molecule has 0 fully saturated rings. The number of amidine groups is 1. The number of amides is 1. The van der Waals surface area contributed by atoms with Crippen LogP contribution < -0.4 is 29.7 Å². The number of thioether (sulfide) groups is 1. The molecule has 3 aliphatic rings. The van der Waals surface area contributed by atoms with Crippen LogP contribution >= 0.6 is 11.8 Å². The molecule has 35 heavy (non-hydrogen) atoms. The van der Waals surface area contributed by atoms with Crippen LogP contribution in [0.15, 0.2) is 76.8 Å². The number of nitrogens with zero attached hydrogens (tertiary/aromatic N) is 2. The summed E-state index contributed by atoms with van der Waals surface area (Å²) in [4.78, 5) is 18.0. The highest BCUT2D eigenvalue weighted by atomic mass is 32.2. The first-order chi connectivity index (χ1) is 17.2. The van der Waals surface area contributed by atoms with E-state index in [1.165, 1.54) is 11.8 Å². The highest BCUT2D eigenvalue weighted by Gasteiger charge is 2.32. The number of fused-ring (bicyclic) bond motifs is 2. The lowest BCUT2D eigenvalue weighted by atomic mass is 10.1. The van der Waals surface area contributed by atoms with Crippen LogP contribution in [-0.2, 0) is 11.3 Å². The topological polar surface area (TPSA) is 103 Å². The van der Waals surface area contributed by atoms with Gasteiger partial charge in [-0.2, -0.15) is 5.10 Å². The van der Waals surface area contributed by atoms with Gasteiger partial charge in [-0.3, -0.25) is 15.2 Å². The Balaban J connectivity index is 1.23. The maximum atomic E-state index is 13.4. The molecule has 1 atom stereocenters. The third-order valence-electron chi connectivity index (χ3n) is 5.54. The number of ether oxygens (including phenoxy) is 4. The number of hydrogen-bond donors (Lipinski definition) is 2. The van der Waals surface area contributed by atoms with Crippen molar-refractivity contribution in [2.75, 3.05) is 18.9 Å². The minimum Gasteiger partial charge on any atom is -0.454 e. The van der Waals surface area contributed by atoms with Gasteiger partial charge in [0.1, 0.15) is 5.25 Å². The van der Waals surface area contributed by atoms with Crippen LogP contribution in [0, 0.1) is 0 Å². The van der Waals surface area contributed by atoms with E-state index >= 15 is 0 Å². The van der Waals surface area contributed by atoms with Gasteiger partial charge in [-0.1, -0.05) is 48.2 Å². The third kappa shape index (κ3) is 4.47. The monoisotopic (exact) mass is 488 g/mol. The molecule has 176 valence electrons. The van der Waals surface area contributed by atoms with Crippen molar-refractivity contribution in [2.45, 2.75) is 11.8 Å². The van der Waals surface area contributed by atoms with Crippen LogP contribution in [0.5, 0.6) is 23.0 Å². The third-order valence-corrected chi connectivity index (χ3v) is 6.66. The summed E-state index contributed by atoms with van der Waals surface area (Å²) in [6.07, 6.45) is 0. The van der Waals surface area contributed by atoms with Crippen molar-refractivity contribution in [3.05, 3.63) is 77.9 Å². The summed E-state index contributed by atoms with van der Waals surface area (Å²) < 4.78 is 21.6. The van der Waals surface area contributed by atoms with Crippen LogP contribution in [0.2, 0.25) is 0 Å². The van der Waals surface area contributed by atoms with E-state index in [0.29, 0.717) is 40.4 Å². The van der Waals surface area contributed by atoms with Gasteiger partial charge in [0.2, 0.25) is 19.5 Å². The molecule has 1 unspecified atom stereocenters. The van der Waals surface area contributed by atoms with Crippen LogP contribution in [0.4, 0.5) is 5.69 Å². The molecule has 3 aromatic carbocycles. The summed E-state index contributed by atoms with van der Waals surface area (Å²) in [6.45, 7) is 0.797. The molecule has 0 aromatic heterocycles. The molecule has 10 heteroatoms. The summed E-state index contributed by atoms with van der Waals surface area (Å²) in [6, 6.07) is 20.6. The molecular weight excluding hydrogens is 468 g/mol. The number of carbonyl (C=O) groups excluding carboxylic acids is 1. The highest BCUT2D eigenvalue weighted by molar-refractivity contribution is 8.15. The summed E-state index contributed by atoms with van der Waals surface area (Å²) >= 11 is 1.32. The largest absolute Gasteiger partial charge is 0.454 e. The van der Waals surface area contributed by atoms with Crippen molar-refractivity contribution in [1.29, 1.82) is 0 Å². The molecular formula is C25H20N4O5S. The molecule has 3 aliphatic heterocycles. The van der Waals surface area contributed by atoms with E-state index < -0.39 is 5.25 Å².